The molecule has 0 spiro atoms. The van der Waals surface area contributed by atoms with E-state index in [9.17, 15) is 4.79 Å². The number of carbonyl (C=O) groups is 1. The van der Waals surface area contributed by atoms with Crippen molar-refractivity contribution in [2.24, 2.45) is 0 Å². The van der Waals surface area contributed by atoms with Gasteiger partial charge in [-0.15, -0.1) is 11.8 Å². The molecule has 1 saturated heterocycles. The molecule has 3 nitrogen and oxygen atoms in total. The Morgan fingerprint density at radius 2 is 1.32 bits per heavy atom. The number of benzene rings is 4. The summed E-state index contributed by atoms with van der Waals surface area (Å²) in [5, 5.41) is 3.42. The molecule has 4 aromatic rings. The number of quaternary nitrogens is 1. The number of nitrogens with one attached hydrogen (secondary N) is 2. The average molecular weight is 518 g/mol. The van der Waals surface area contributed by atoms with Crippen molar-refractivity contribution in [2.75, 3.05) is 19.6 Å². The molecule has 4 heteroatoms. The molecular weight excluding hydrogens is 484 g/mol. The Labute approximate surface area is 229 Å². The zero-order chi connectivity index (χ0) is 25.7. The molecule has 0 aliphatic carbocycles. The Balaban J connectivity index is 1.18. The fourth-order valence-electron chi connectivity index (χ4n) is 5.83. The smallest absolute Gasteiger partial charge is 0.275 e. The standard InChI is InChI=1S/C34H32N2OS/c37-32(35-34-29-16-8-7-15-28(29)24-38-31-18-10-9-17-30(31)34)23-36-21-19-27(20-22-36)33(25-11-3-1-4-12-25)26-13-5-2-6-14-26/h1-18,34H,19-24H2,(H,35,37)/p+1/t34-/m1/s1. The van der Waals surface area contributed by atoms with Crippen molar-refractivity contribution in [2.45, 2.75) is 29.5 Å². The second-order valence-corrected chi connectivity index (χ2v) is 11.2. The largest absolute Gasteiger partial charge is 0.340 e. The van der Waals surface area contributed by atoms with Gasteiger partial charge in [-0.2, -0.15) is 0 Å². The summed E-state index contributed by atoms with van der Waals surface area (Å²) in [7, 11) is 0. The molecule has 2 aliphatic heterocycles. The lowest BCUT2D eigenvalue weighted by Crippen LogP contribution is -3.14. The van der Waals surface area contributed by atoms with Crippen molar-refractivity contribution in [3.05, 3.63) is 143 Å². The van der Waals surface area contributed by atoms with Crippen molar-refractivity contribution < 1.29 is 9.69 Å². The number of rotatable bonds is 5. The minimum absolute atomic E-state index is 0.104. The van der Waals surface area contributed by atoms with Crippen molar-refractivity contribution in [3.63, 3.8) is 0 Å². The SMILES string of the molecule is O=C(C[NH+]1CCC(=C(c2ccccc2)c2ccccc2)CC1)N[C@@H]1c2ccccc2CSc2ccccc21. The van der Waals surface area contributed by atoms with Crippen LogP contribution in [0.1, 0.15) is 46.7 Å². The van der Waals surface area contributed by atoms with E-state index in [1.807, 2.05) is 11.8 Å². The van der Waals surface area contributed by atoms with Crippen molar-refractivity contribution in [1.82, 2.24) is 5.32 Å². The Bertz CT molecular complexity index is 1350. The minimum Gasteiger partial charge on any atom is -0.340 e. The van der Waals surface area contributed by atoms with Crippen molar-refractivity contribution >= 4 is 23.2 Å². The van der Waals surface area contributed by atoms with E-state index in [4.69, 9.17) is 0 Å². The molecule has 0 radical (unpaired) electrons. The number of hydrogen-bond acceptors (Lipinski definition) is 2. The molecule has 4 aromatic carbocycles. The summed E-state index contributed by atoms with van der Waals surface area (Å²) in [5.41, 5.74) is 9.12. The number of hydrogen-bond donors (Lipinski definition) is 2. The molecule has 2 N–H and O–H groups in total. The van der Waals surface area contributed by atoms with Crippen LogP contribution in [0, 0.1) is 0 Å². The van der Waals surface area contributed by atoms with Crippen LogP contribution in [0.2, 0.25) is 0 Å². The predicted molar refractivity (Wildman–Crippen MR) is 156 cm³/mol. The summed E-state index contributed by atoms with van der Waals surface area (Å²) in [5.74, 6) is 1.05. The molecule has 2 heterocycles. The van der Waals surface area contributed by atoms with Gasteiger partial charge in [0, 0.05) is 23.5 Å². The highest BCUT2D eigenvalue weighted by Crippen LogP contribution is 2.39. The van der Waals surface area contributed by atoms with Gasteiger partial charge in [0.05, 0.1) is 19.1 Å². The fourth-order valence-corrected chi connectivity index (χ4v) is 6.93. The van der Waals surface area contributed by atoms with Gasteiger partial charge in [0.2, 0.25) is 0 Å². The molecule has 2 aliphatic rings. The number of amides is 1. The van der Waals surface area contributed by atoms with Gasteiger partial charge in [0.1, 0.15) is 0 Å². The quantitative estimate of drug-likeness (QED) is 0.357. The maximum atomic E-state index is 13.4. The first-order chi connectivity index (χ1) is 18.8. The number of piperidine rings is 1. The van der Waals surface area contributed by atoms with Crippen LogP contribution in [0.3, 0.4) is 0 Å². The van der Waals surface area contributed by atoms with E-state index in [0.717, 1.165) is 31.7 Å². The molecule has 0 bridgehead atoms. The summed E-state index contributed by atoms with van der Waals surface area (Å²) in [6.07, 6.45) is 2.01. The van der Waals surface area contributed by atoms with E-state index in [-0.39, 0.29) is 11.9 Å². The van der Waals surface area contributed by atoms with Gasteiger partial charge in [-0.1, -0.05) is 109 Å². The summed E-state index contributed by atoms with van der Waals surface area (Å²) in [6, 6.07) is 38.4. The average Bonchev–Trinajstić information content (AvgIpc) is 3.12. The van der Waals surface area contributed by atoms with Crippen LogP contribution in [-0.2, 0) is 10.5 Å². The highest BCUT2D eigenvalue weighted by molar-refractivity contribution is 7.98. The van der Waals surface area contributed by atoms with E-state index in [1.54, 1.807) is 0 Å². The predicted octanol–water partition coefficient (Wildman–Crippen LogP) is 5.68. The number of thioether (sulfide) groups is 1. The molecule has 0 saturated carbocycles. The third kappa shape index (κ3) is 5.33. The van der Waals surface area contributed by atoms with Gasteiger partial charge in [0.15, 0.2) is 6.54 Å². The van der Waals surface area contributed by atoms with Gasteiger partial charge >= 0.3 is 0 Å². The van der Waals surface area contributed by atoms with E-state index in [0.29, 0.717) is 6.54 Å². The molecule has 6 rings (SSSR count). The molecule has 1 amide bonds. The van der Waals surface area contributed by atoms with Crippen LogP contribution in [0.4, 0.5) is 0 Å². The number of carbonyl (C=O) groups excluding carboxylic acids is 1. The fraction of sp³-hybridized carbons (Fsp3) is 0.206. The van der Waals surface area contributed by atoms with E-state index >= 15 is 0 Å². The molecule has 1 fully saturated rings. The van der Waals surface area contributed by atoms with Gasteiger partial charge in [-0.05, 0) is 39.5 Å². The lowest BCUT2D eigenvalue weighted by atomic mass is 9.88. The van der Waals surface area contributed by atoms with Crippen LogP contribution in [0.25, 0.3) is 5.57 Å². The number of likely N-dealkylation sites (tertiary alicyclic amines) is 1. The third-order valence-electron chi connectivity index (χ3n) is 7.73. The molecule has 0 unspecified atom stereocenters. The highest BCUT2D eigenvalue weighted by atomic mass is 32.2. The van der Waals surface area contributed by atoms with Gasteiger partial charge in [-0.25, -0.2) is 0 Å². The molecule has 38 heavy (non-hydrogen) atoms. The Hall–Kier alpha value is -3.60. The minimum atomic E-state index is -0.104. The third-order valence-corrected chi connectivity index (χ3v) is 8.87. The normalized spacial score (nSPS) is 18.6. The van der Waals surface area contributed by atoms with Crippen molar-refractivity contribution in [3.8, 4) is 0 Å². The summed E-state index contributed by atoms with van der Waals surface area (Å²) in [6.45, 7) is 2.45. The first-order valence-corrected chi connectivity index (χ1v) is 14.5. The second kappa shape index (κ2) is 11.4. The van der Waals surface area contributed by atoms with Crippen LogP contribution in [0.15, 0.2) is 120 Å². The van der Waals surface area contributed by atoms with E-state index in [2.05, 4.69) is 115 Å². The zero-order valence-electron chi connectivity index (χ0n) is 21.5. The van der Waals surface area contributed by atoms with Crippen LogP contribution in [-0.4, -0.2) is 25.5 Å². The lowest BCUT2D eigenvalue weighted by Gasteiger charge is -2.28. The second-order valence-electron chi connectivity index (χ2n) is 10.2. The maximum Gasteiger partial charge on any atom is 0.275 e. The number of fused-ring (bicyclic) bond motifs is 2. The van der Waals surface area contributed by atoms with Gasteiger partial charge in [-0.3, -0.25) is 4.79 Å². The van der Waals surface area contributed by atoms with E-state index in [1.165, 1.54) is 48.8 Å². The maximum absolute atomic E-state index is 13.4. The molecular formula is C34H33N2OS+. The lowest BCUT2D eigenvalue weighted by molar-refractivity contribution is -0.894. The molecule has 0 aromatic heterocycles. The molecule has 1 atom stereocenters. The van der Waals surface area contributed by atoms with Crippen LogP contribution >= 0.6 is 11.8 Å². The van der Waals surface area contributed by atoms with E-state index < -0.39 is 0 Å². The summed E-state index contributed by atoms with van der Waals surface area (Å²) < 4.78 is 0. The first kappa shape index (κ1) is 24.7. The molecule has 190 valence electrons. The topological polar surface area (TPSA) is 33.5 Å². The van der Waals surface area contributed by atoms with Crippen LogP contribution in [0.5, 0.6) is 0 Å². The Morgan fingerprint density at radius 1 is 0.737 bits per heavy atom. The van der Waals surface area contributed by atoms with Gasteiger partial charge < -0.3 is 10.2 Å². The highest BCUT2D eigenvalue weighted by Gasteiger charge is 2.28. The summed E-state index contributed by atoms with van der Waals surface area (Å²) in [4.78, 5) is 16.0. The zero-order valence-corrected chi connectivity index (χ0v) is 22.3. The van der Waals surface area contributed by atoms with Gasteiger partial charge in [0.25, 0.3) is 5.91 Å². The monoisotopic (exact) mass is 517 g/mol. The van der Waals surface area contributed by atoms with Crippen molar-refractivity contribution in [1.29, 1.82) is 0 Å². The first-order valence-electron chi connectivity index (χ1n) is 13.5. The van der Waals surface area contributed by atoms with Crippen LogP contribution < -0.4 is 10.2 Å². The summed E-state index contributed by atoms with van der Waals surface area (Å²) >= 11 is 1.86. The Morgan fingerprint density at radius 3 is 2.00 bits per heavy atom. The Kier molecular flexibility index (Phi) is 7.43.